The van der Waals surface area contributed by atoms with Crippen LogP contribution in [0.5, 0.6) is 11.5 Å². The maximum atomic E-state index is 11.9. The average Bonchev–Trinajstić information content (AvgIpc) is 2.61. The Hall–Kier alpha value is -2.46. The highest BCUT2D eigenvalue weighted by Crippen LogP contribution is 2.26. The predicted octanol–water partition coefficient (Wildman–Crippen LogP) is 4.32. The third kappa shape index (κ3) is 8.61. The van der Waals surface area contributed by atoms with Crippen LogP contribution in [0.1, 0.15) is 16.7 Å². The molecule has 0 spiro atoms. The lowest BCUT2D eigenvalue weighted by Gasteiger charge is -2.18. The second kappa shape index (κ2) is 9.84. The van der Waals surface area contributed by atoms with Crippen LogP contribution >= 0.6 is 0 Å². The summed E-state index contributed by atoms with van der Waals surface area (Å²) >= 11 is 0. The van der Waals surface area contributed by atoms with E-state index in [9.17, 15) is 26.3 Å². The lowest BCUT2D eigenvalue weighted by molar-refractivity contribution is -0.275. The lowest BCUT2D eigenvalue weighted by Crippen LogP contribution is -2.24. The highest BCUT2D eigenvalue weighted by Gasteiger charge is 2.31. The minimum absolute atomic E-state index is 0.148. The van der Waals surface area contributed by atoms with Crippen LogP contribution in [0.25, 0.3) is 0 Å². The van der Waals surface area contributed by atoms with Gasteiger partial charge in [-0.05, 0) is 66.9 Å². The van der Waals surface area contributed by atoms with Gasteiger partial charge in [0.1, 0.15) is 11.5 Å². The molecule has 0 saturated heterocycles. The van der Waals surface area contributed by atoms with E-state index in [4.69, 9.17) is 5.73 Å². The first-order valence-corrected chi connectivity index (χ1v) is 8.69. The number of nitrogens with two attached hydrogens (primary N) is 1. The van der Waals surface area contributed by atoms with Crippen molar-refractivity contribution in [3.05, 3.63) is 59.2 Å². The largest absolute Gasteiger partial charge is 0.573 e. The molecule has 0 atom stereocenters. The predicted molar refractivity (Wildman–Crippen MR) is 94.4 cm³/mol. The number of hydrogen-bond donors (Lipinski definition) is 2. The zero-order valence-electron chi connectivity index (χ0n) is 15.2. The maximum absolute atomic E-state index is 11.9. The van der Waals surface area contributed by atoms with Gasteiger partial charge in [-0.25, -0.2) is 0 Å². The van der Waals surface area contributed by atoms with Crippen LogP contribution in [-0.4, -0.2) is 25.8 Å². The average molecular weight is 422 g/mol. The minimum atomic E-state index is -4.63. The normalized spacial score (nSPS) is 13.8. The Morgan fingerprint density at radius 3 is 2.00 bits per heavy atom. The molecule has 1 aliphatic rings. The summed E-state index contributed by atoms with van der Waals surface area (Å²) in [5, 5.41) is 3.09. The monoisotopic (exact) mass is 422 g/mol. The molecule has 1 aliphatic heterocycles. The molecule has 3 N–H and O–H groups in total. The first-order chi connectivity index (χ1) is 13.6. The first-order valence-electron chi connectivity index (χ1n) is 8.69. The molecule has 0 bridgehead atoms. The van der Waals surface area contributed by atoms with Crippen molar-refractivity contribution in [3.8, 4) is 11.5 Å². The van der Waals surface area contributed by atoms with Gasteiger partial charge in [0.2, 0.25) is 0 Å². The van der Waals surface area contributed by atoms with Crippen molar-refractivity contribution >= 4 is 0 Å². The number of halogens is 6. The number of fused-ring (bicyclic) bond motifs is 1. The van der Waals surface area contributed by atoms with Crippen molar-refractivity contribution in [1.82, 2.24) is 5.32 Å². The van der Waals surface area contributed by atoms with Crippen LogP contribution in [0, 0.1) is 0 Å². The van der Waals surface area contributed by atoms with Crippen LogP contribution < -0.4 is 20.5 Å². The molecule has 0 amide bonds. The van der Waals surface area contributed by atoms with E-state index in [0.29, 0.717) is 19.5 Å². The molecule has 0 aromatic heterocycles. The quantitative estimate of drug-likeness (QED) is 0.721. The van der Waals surface area contributed by atoms with Gasteiger partial charge in [0.05, 0.1) is 0 Å². The number of hydrogen-bond acceptors (Lipinski definition) is 4. The van der Waals surface area contributed by atoms with Gasteiger partial charge in [-0.15, -0.1) is 26.3 Å². The van der Waals surface area contributed by atoms with Gasteiger partial charge in [0.15, 0.2) is 0 Å². The van der Waals surface area contributed by atoms with E-state index >= 15 is 0 Å². The molecule has 160 valence electrons. The van der Waals surface area contributed by atoms with E-state index < -0.39 is 12.7 Å². The van der Waals surface area contributed by atoms with Gasteiger partial charge < -0.3 is 20.5 Å². The summed E-state index contributed by atoms with van der Waals surface area (Å²) in [5.41, 5.74) is 8.14. The Labute approximate surface area is 163 Å². The Morgan fingerprint density at radius 2 is 1.41 bits per heavy atom. The van der Waals surface area contributed by atoms with Gasteiger partial charge in [-0.2, -0.15) is 0 Å². The van der Waals surface area contributed by atoms with Crippen LogP contribution in [0.3, 0.4) is 0 Å². The van der Waals surface area contributed by atoms with Crippen LogP contribution in [0.15, 0.2) is 42.5 Å². The summed E-state index contributed by atoms with van der Waals surface area (Å²) < 4.78 is 78.6. The molecule has 0 unspecified atom stereocenters. The smallest absolute Gasteiger partial charge is 0.406 e. The van der Waals surface area contributed by atoms with Crippen LogP contribution in [0.2, 0.25) is 0 Å². The summed E-state index contributed by atoms with van der Waals surface area (Å²) in [4.78, 5) is 0. The lowest BCUT2D eigenvalue weighted by atomic mass is 10.0. The van der Waals surface area contributed by atoms with Gasteiger partial charge in [-0.1, -0.05) is 18.2 Å². The van der Waals surface area contributed by atoms with Gasteiger partial charge in [0.25, 0.3) is 0 Å². The van der Waals surface area contributed by atoms with Crippen molar-refractivity contribution in [3.63, 3.8) is 0 Å². The molecule has 0 radical (unpaired) electrons. The molecule has 29 heavy (non-hydrogen) atoms. The SMILES string of the molecule is FC(F)(F)Oc1ccc2c(c1)CNCC2.NCCc1ccc(OC(F)(F)F)cc1. The zero-order valence-corrected chi connectivity index (χ0v) is 15.2. The summed E-state index contributed by atoms with van der Waals surface area (Å²) in [5.74, 6) is -0.358. The Balaban J connectivity index is 0.000000208. The van der Waals surface area contributed by atoms with E-state index in [-0.39, 0.29) is 11.5 Å². The van der Waals surface area contributed by atoms with E-state index in [1.807, 2.05) is 0 Å². The fourth-order valence-corrected chi connectivity index (χ4v) is 2.68. The number of ether oxygens (including phenoxy) is 2. The van der Waals surface area contributed by atoms with E-state index in [0.717, 1.165) is 29.7 Å². The van der Waals surface area contributed by atoms with Crippen molar-refractivity contribution in [2.45, 2.75) is 32.1 Å². The Kier molecular flexibility index (Phi) is 7.74. The molecular weight excluding hydrogens is 402 g/mol. The Morgan fingerprint density at radius 1 is 0.828 bits per heavy atom. The number of rotatable bonds is 4. The number of benzene rings is 2. The van der Waals surface area contributed by atoms with Crippen molar-refractivity contribution in [1.29, 1.82) is 0 Å². The highest BCUT2D eigenvalue weighted by atomic mass is 19.4. The Bertz CT molecular complexity index is 776. The third-order valence-electron chi connectivity index (χ3n) is 3.89. The summed E-state index contributed by atoms with van der Waals surface area (Å²) in [6.07, 6.45) is -7.75. The molecule has 3 rings (SSSR count). The highest BCUT2D eigenvalue weighted by molar-refractivity contribution is 5.37. The summed E-state index contributed by atoms with van der Waals surface area (Å²) in [6, 6.07) is 10.2. The van der Waals surface area contributed by atoms with E-state index in [2.05, 4.69) is 14.8 Å². The second-order valence-corrected chi connectivity index (χ2v) is 6.14. The summed E-state index contributed by atoms with van der Waals surface area (Å²) in [6.45, 7) is 1.94. The van der Waals surface area contributed by atoms with E-state index in [1.54, 1.807) is 18.2 Å². The summed E-state index contributed by atoms with van der Waals surface area (Å²) in [7, 11) is 0. The van der Waals surface area contributed by atoms with Crippen LogP contribution in [0.4, 0.5) is 26.3 Å². The molecule has 4 nitrogen and oxygen atoms in total. The van der Waals surface area contributed by atoms with Gasteiger partial charge >= 0.3 is 12.7 Å². The van der Waals surface area contributed by atoms with Crippen molar-refractivity contribution < 1.29 is 35.8 Å². The molecule has 10 heteroatoms. The fraction of sp³-hybridized carbons (Fsp3) is 0.368. The van der Waals surface area contributed by atoms with E-state index in [1.165, 1.54) is 24.3 Å². The van der Waals surface area contributed by atoms with Crippen LogP contribution in [-0.2, 0) is 19.4 Å². The number of nitrogens with one attached hydrogen (secondary N) is 1. The minimum Gasteiger partial charge on any atom is -0.406 e. The molecule has 0 aliphatic carbocycles. The standard InChI is InChI=1S/C10H10F3NO.C9H10F3NO/c11-10(12,13)15-9-2-1-7-3-4-14-6-8(7)5-9;10-9(11,12)14-8-3-1-7(2-4-8)5-6-13/h1-2,5,14H,3-4,6H2;1-4H,5-6,13H2. The second-order valence-electron chi connectivity index (χ2n) is 6.14. The zero-order chi connectivity index (χ0) is 21.5. The first kappa shape index (κ1) is 22.8. The number of alkyl halides is 6. The molecule has 1 heterocycles. The fourth-order valence-electron chi connectivity index (χ4n) is 2.68. The van der Waals surface area contributed by atoms with Crippen molar-refractivity contribution in [2.24, 2.45) is 5.73 Å². The molecular formula is C19H20F6N2O2. The van der Waals surface area contributed by atoms with Gasteiger partial charge in [0, 0.05) is 6.54 Å². The topological polar surface area (TPSA) is 56.5 Å². The molecule has 0 saturated carbocycles. The molecule has 2 aromatic rings. The molecule has 2 aromatic carbocycles. The van der Waals surface area contributed by atoms with Gasteiger partial charge in [-0.3, -0.25) is 0 Å². The third-order valence-corrected chi connectivity index (χ3v) is 3.89. The maximum Gasteiger partial charge on any atom is 0.573 e. The molecule has 0 fully saturated rings. The van der Waals surface area contributed by atoms with Crippen molar-refractivity contribution in [2.75, 3.05) is 13.1 Å².